The van der Waals surface area contributed by atoms with Gasteiger partial charge in [0.05, 0.1) is 17.2 Å². The van der Waals surface area contributed by atoms with Gasteiger partial charge >= 0.3 is 6.18 Å². The molecule has 0 aliphatic heterocycles. The average molecular weight is 226 g/mol. The number of para-hydroxylation sites is 2. The van der Waals surface area contributed by atoms with Crippen LogP contribution in [-0.2, 0) is 11.0 Å². The molecular weight excluding hydrogens is 221 g/mol. The lowest BCUT2D eigenvalue weighted by Gasteiger charge is -2.05. The molecule has 0 spiro atoms. The summed E-state index contributed by atoms with van der Waals surface area (Å²) in [6.45, 7) is 0. The summed E-state index contributed by atoms with van der Waals surface area (Å²) in [5.74, 6) is 0.195. The summed E-state index contributed by atoms with van der Waals surface area (Å²) < 4.78 is 38.4. The third-order valence-corrected chi connectivity index (χ3v) is 2.03. The topological polar surface area (TPSA) is 34.9 Å². The molecule has 0 saturated carbocycles. The van der Waals surface area contributed by atoms with E-state index >= 15 is 0 Å². The van der Waals surface area contributed by atoms with Crippen molar-refractivity contribution in [2.24, 2.45) is 0 Å². The molecule has 16 heavy (non-hydrogen) atoms. The highest BCUT2D eigenvalue weighted by molar-refractivity contribution is 5.81. The van der Waals surface area contributed by atoms with Crippen molar-refractivity contribution in [3.63, 3.8) is 0 Å². The number of aromatic nitrogens is 2. The zero-order valence-electron chi connectivity index (χ0n) is 7.82. The van der Waals surface area contributed by atoms with Gasteiger partial charge in [-0.05, 0) is 12.1 Å². The Kier molecular flexibility index (Phi) is 2.29. The van der Waals surface area contributed by atoms with Crippen LogP contribution in [0.5, 0.6) is 0 Å². The third-order valence-electron chi connectivity index (χ3n) is 2.03. The molecule has 1 aromatic heterocycles. The Bertz CT molecular complexity index is 579. The Morgan fingerprint density at radius 1 is 1.31 bits per heavy atom. The van der Waals surface area contributed by atoms with Crippen LogP contribution in [-0.4, -0.2) is 15.5 Å². The lowest BCUT2D eigenvalue weighted by Crippen LogP contribution is -2.11. The Morgan fingerprint density at radius 3 is 2.62 bits per heavy atom. The van der Waals surface area contributed by atoms with Crippen molar-refractivity contribution >= 4 is 23.2 Å². The number of hydrogen-bond donors (Lipinski definition) is 0. The second-order valence-electron chi connectivity index (χ2n) is 3.04. The molecule has 0 unspecified atom stereocenters. The van der Waals surface area contributed by atoms with E-state index in [1.807, 2.05) is 0 Å². The fraction of sp³-hybridized carbons (Fsp3) is 0.100. The van der Waals surface area contributed by atoms with Crippen LogP contribution in [0.2, 0.25) is 0 Å². The number of halogens is 3. The number of benzene rings is 1. The highest BCUT2D eigenvalue weighted by Crippen LogP contribution is 2.31. The molecule has 0 saturated heterocycles. The predicted octanol–water partition coefficient (Wildman–Crippen LogP) is 2.36. The second-order valence-corrected chi connectivity index (χ2v) is 3.04. The van der Waals surface area contributed by atoms with Crippen molar-refractivity contribution < 1.29 is 18.0 Å². The molecule has 6 heteroatoms. The van der Waals surface area contributed by atoms with E-state index in [9.17, 15) is 18.0 Å². The van der Waals surface area contributed by atoms with Crippen molar-refractivity contribution in [1.82, 2.24) is 9.55 Å². The minimum atomic E-state index is -4.60. The van der Waals surface area contributed by atoms with Crippen molar-refractivity contribution in [2.45, 2.75) is 6.18 Å². The van der Waals surface area contributed by atoms with Gasteiger partial charge in [-0.25, -0.2) is 9.78 Å². The molecule has 2 aromatic rings. The first-order chi connectivity index (χ1) is 7.54. The summed E-state index contributed by atoms with van der Waals surface area (Å²) in [6, 6.07) is 6.04. The van der Waals surface area contributed by atoms with Crippen LogP contribution >= 0.6 is 0 Å². The van der Waals surface area contributed by atoms with E-state index < -0.39 is 12.0 Å². The van der Waals surface area contributed by atoms with E-state index in [2.05, 4.69) is 4.98 Å². The molecule has 0 radical (unpaired) electrons. The van der Waals surface area contributed by atoms with Crippen LogP contribution in [0.4, 0.5) is 13.2 Å². The van der Waals surface area contributed by atoms with Crippen molar-refractivity contribution in [3.8, 4) is 0 Å². The van der Waals surface area contributed by atoms with E-state index in [0.29, 0.717) is 10.8 Å². The SMILES string of the molecule is O=C=Cn1c(C(F)(F)F)nc2ccccc21. The van der Waals surface area contributed by atoms with Gasteiger partial charge in [-0.1, -0.05) is 12.1 Å². The quantitative estimate of drug-likeness (QED) is 0.699. The summed E-state index contributed by atoms with van der Waals surface area (Å²) in [5, 5.41) is 0. The minimum absolute atomic E-state index is 0.182. The standard InChI is InChI=1S/C10H5F3N2O/c11-10(12,13)9-14-7-3-1-2-4-8(7)15(9)5-6-16/h1-5H. The Labute approximate surface area is 87.8 Å². The number of nitrogens with zero attached hydrogens (tertiary/aromatic N) is 2. The molecule has 82 valence electrons. The highest BCUT2D eigenvalue weighted by Gasteiger charge is 2.37. The highest BCUT2D eigenvalue weighted by atomic mass is 19.4. The second kappa shape index (κ2) is 3.50. The number of imidazole rings is 1. The van der Waals surface area contributed by atoms with Gasteiger partial charge in [0.25, 0.3) is 0 Å². The van der Waals surface area contributed by atoms with Gasteiger partial charge in [0.15, 0.2) is 0 Å². The maximum absolute atomic E-state index is 12.6. The number of carbonyl (C=O) groups excluding carboxylic acids is 1. The molecule has 0 atom stereocenters. The van der Waals surface area contributed by atoms with Gasteiger partial charge in [0.2, 0.25) is 5.82 Å². The monoisotopic (exact) mass is 226 g/mol. The molecule has 0 bridgehead atoms. The fourth-order valence-electron chi connectivity index (χ4n) is 1.43. The molecule has 3 nitrogen and oxygen atoms in total. The molecule has 0 N–H and O–H groups in total. The van der Waals surface area contributed by atoms with Crippen LogP contribution in [0.1, 0.15) is 5.82 Å². The molecule has 1 heterocycles. The maximum Gasteiger partial charge on any atom is 0.450 e. The number of fused-ring (bicyclic) bond motifs is 1. The van der Waals surface area contributed by atoms with E-state index in [-0.39, 0.29) is 11.0 Å². The lowest BCUT2D eigenvalue weighted by atomic mass is 10.3. The van der Waals surface area contributed by atoms with Gasteiger partial charge in [-0.15, -0.1) is 0 Å². The molecule has 0 aliphatic carbocycles. The molecule has 1 aromatic carbocycles. The number of hydrogen-bond acceptors (Lipinski definition) is 2. The van der Waals surface area contributed by atoms with Gasteiger partial charge in [0, 0.05) is 0 Å². The summed E-state index contributed by atoms with van der Waals surface area (Å²) in [7, 11) is 0. The fourth-order valence-corrected chi connectivity index (χ4v) is 1.43. The molecule has 0 fully saturated rings. The average Bonchev–Trinajstić information content (AvgIpc) is 2.58. The zero-order valence-corrected chi connectivity index (χ0v) is 7.82. The number of rotatable bonds is 1. The summed E-state index contributed by atoms with van der Waals surface area (Å²) in [5.41, 5.74) is 0.402. The zero-order chi connectivity index (χ0) is 11.8. The summed E-state index contributed by atoms with van der Waals surface area (Å²) in [4.78, 5) is 13.6. The Morgan fingerprint density at radius 2 is 2.00 bits per heavy atom. The van der Waals surface area contributed by atoms with Gasteiger partial charge < -0.3 is 0 Å². The summed E-state index contributed by atoms with van der Waals surface area (Å²) in [6.07, 6.45) is -3.93. The first-order valence-electron chi connectivity index (χ1n) is 4.29. The first kappa shape index (κ1) is 10.4. The van der Waals surface area contributed by atoms with Crippen LogP contribution in [0.25, 0.3) is 17.2 Å². The smallest absolute Gasteiger partial charge is 0.285 e. The van der Waals surface area contributed by atoms with Crippen LogP contribution in [0, 0.1) is 0 Å². The largest absolute Gasteiger partial charge is 0.450 e. The Balaban J connectivity index is 2.83. The molecular formula is C10H5F3N2O. The molecule has 0 aliphatic rings. The van der Waals surface area contributed by atoms with E-state index in [4.69, 9.17) is 0 Å². The van der Waals surface area contributed by atoms with Gasteiger partial charge in [-0.2, -0.15) is 13.2 Å². The van der Waals surface area contributed by atoms with Gasteiger partial charge in [0.1, 0.15) is 5.94 Å². The van der Waals surface area contributed by atoms with Gasteiger partial charge in [-0.3, -0.25) is 4.57 Å². The predicted molar refractivity (Wildman–Crippen MR) is 51.2 cm³/mol. The van der Waals surface area contributed by atoms with E-state index in [1.165, 1.54) is 18.1 Å². The minimum Gasteiger partial charge on any atom is -0.285 e. The molecule has 2 rings (SSSR count). The van der Waals surface area contributed by atoms with E-state index in [0.717, 1.165) is 0 Å². The lowest BCUT2D eigenvalue weighted by molar-refractivity contribution is -0.145. The maximum atomic E-state index is 12.6. The van der Waals surface area contributed by atoms with Crippen LogP contribution in [0.3, 0.4) is 0 Å². The first-order valence-corrected chi connectivity index (χ1v) is 4.29. The Hall–Kier alpha value is -2.07. The van der Waals surface area contributed by atoms with Crippen molar-refractivity contribution in [2.75, 3.05) is 0 Å². The van der Waals surface area contributed by atoms with Crippen molar-refractivity contribution in [1.29, 1.82) is 0 Å². The summed E-state index contributed by atoms with van der Waals surface area (Å²) >= 11 is 0. The number of alkyl halides is 3. The van der Waals surface area contributed by atoms with Crippen LogP contribution in [0.15, 0.2) is 24.3 Å². The third kappa shape index (κ3) is 1.59. The normalized spacial score (nSPS) is 11.4. The van der Waals surface area contributed by atoms with E-state index in [1.54, 1.807) is 12.1 Å². The molecule has 0 amide bonds. The van der Waals surface area contributed by atoms with Crippen LogP contribution < -0.4 is 0 Å². The van der Waals surface area contributed by atoms with Crippen molar-refractivity contribution in [3.05, 3.63) is 30.1 Å².